The topological polar surface area (TPSA) is 40.5 Å². The zero-order valence-corrected chi connectivity index (χ0v) is 8.91. The summed E-state index contributed by atoms with van der Waals surface area (Å²) < 4.78 is 0. The monoisotopic (exact) mass is 198 g/mol. The first-order valence-corrected chi connectivity index (χ1v) is 6.15. The molecule has 2 heteroatoms. The molecule has 2 aliphatic carbocycles. The van der Waals surface area contributed by atoms with Gasteiger partial charge in [0.05, 0.1) is 0 Å². The Hall–Kier alpha value is -0.0800. The number of hydrogen-bond donors (Lipinski definition) is 2. The number of aliphatic hydroxyl groups is 2. The van der Waals surface area contributed by atoms with Gasteiger partial charge in [-0.2, -0.15) is 0 Å². The second-order valence-electron chi connectivity index (χ2n) is 5.13. The minimum Gasteiger partial charge on any atom is -0.365 e. The molecular weight excluding hydrogens is 176 g/mol. The summed E-state index contributed by atoms with van der Waals surface area (Å²) in [5, 5.41) is 19.9. The van der Waals surface area contributed by atoms with Crippen LogP contribution in [0.4, 0.5) is 0 Å². The predicted octanol–water partition coefficient (Wildman–Crippen LogP) is 2.44. The lowest BCUT2D eigenvalue weighted by Gasteiger charge is -2.41. The largest absolute Gasteiger partial charge is 0.365 e. The van der Waals surface area contributed by atoms with Crippen molar-refractivity contribution in [3.05, 3.63) is 0 Å². The smallest absolute Gasteiger partial charge is 0.165 e. The number of rotatable bonds is 1. The zero-order valence-electron chi connectivity index (χ0n) is 8.91. The van der Waals surface area contributed by atoms with Gasteiger partial charge >= 0.3 is 0 Å². The molecule has 0 heterocycles. The van der Waals surface area contributed by atoms with Crippen molar-refractivity contribution >= 4 is 0 Å². The molecule has 0 aromatic rings. The Morgan fingerprint density at radius 1 is 0.786 bits per heavy atom. The van der Waals surface area contributed by atoms with E-state index in [-0.39, 0.29) is 5.92 Å². The summed E-state index contributed by atoms with van der Waals surface area (Å²) in [6.07, 6.45) is 10.1. The fraction of sp³-hybridized carbons (Fsp3) is 1.00. The van der Waals surface area contributed by atoms with Gasteiger partial charge in [-0.15, -0.1) is 0 Å². The SMILES string of the molecule is OC1(O)CCCCC1C1CCCCC1. The molecular formula is C12H22O2. The van der Waals surface area contributed by atoms with Crippen LogP contribution in [0.2, 0.25) is 0 Å². The molecule has 82 valence electrons. The van der Waals surface area contributed by atoms with Gasteiger partial charge in [-0.05, 0) is 31.6 Å². The van der Waals surface area contributed by atoms with E-state index in [0.717, 1.165) is 12.8 Å². The molecule has 2 nitrogen and oxygen atoms in total. The van der Waals surface area contributed by atoms with E-state index in [1.165, 1.54) is 38.5 Å². The molecule has 2 fully saturated rings. The fourth-order valence-corrected chi connectivity index (χ4v) is 3.32. The lowest BCUT2D eigenvalue weighted by Crippen LogP contribution is -2.44. The first-order valence-electron chi connectivity index (χ1n) is 6.15. The van der Waals surface area contributed by atoms with Gasteiger partial charge in [0.1, 0.15) is 0 Å². The predicted molar refractivity (Wildman–Crippen MR) is 55.7 cm³/mol. The summed E-state index contributed by atoms with van der Waals surface area (Å²) in [6.45, 7) is 0. The van der Waals surface area contributed by atoms with Crippen LogP contribution in [0.1, 0.15) is 57.8 Å². The van der Waals surface area contributed by atoms with Gasteiger partial charge in [-0.25, -0.2) is 0 Å². The van der Waals surface area contributed by atoms with Crippen LogP contribution in [0.15, 0.2) is 0 Å². The Labute approximate surface area is 86.3 Å². The maximum Gasteiger partial charge on any atom is 0.165 e. The highest BCUT2D eigenvalue weighted by Gasteiger charge is 2.41. The molecule has 0 saturated heterocycles. The molecule has 2 N–H and O–H groups in total. The average Bonchev–Trinajstić information content (AvgIpc) is 2.18. The van der Waals surface area contributed by atoms with E-state index in [9.17, 15) is 10.2 Å². The molecule has 0 aliphatic heterocycles. The summed E-state index contributed by atoms with van der Waals surface area (Å²) in [7, 11) is 0. The molecule has 0 aromatic carbocycles. The van der Waals surface area contributed by atoms with Gasteiger partial charge in [0.25, 0.3) is 0 Å². The summed E-state index contributed by atoms with van der Waals surface area (Å²) in [6, 6.07) is 0. The van der Waals surface area contributed by atoms with Crippen molar-refractivity contribution < 1.29 is 10.2 Å². The Morgan fingerprint density at radius 2 is 1.43 bits per heavy atom. The third-order valence-corrected chi connectivity index (χ3v) is 4.12. The van der Waals surface area contributed by atoms with E-state index >= 15 is 0 Å². The molecule has 0 amide bonds. The minimum absolute atomic E-state index is 0.163. The van der Waals surface area contributed by atoms with E-state index in [1.807, 2.05) is 0 Å². The Morgan fingerprint density at radius 3 is 2.07 bits per heavy atom. The van der Waals surface area contributed by atoms with Crippen LogP contribution in [-0.2, 0) is 0 Å². The van der Waals surface area contributed by atoms with Crippen molar-refractivity contribution in [2.24, 2.45) is 11.8 Å². The molecule has 0 radical (unpaired) electrons. The third-order valence-electron chi connectivity index (χ3n) is 4.12. The van der Waals surface area contributed by atoms with Crippen LogP contribution in [0.5, 0.6) is 0 Å². The molecule has 0 bridgehead atoms. The van der Waals surface area contributed by atoms with E-state index < -0.39 is 5.79 Å². The van der Waals surface area contributed by atoms with Crippen LogP contribution >= 0.6 is 0 Å². The van der Waals surface area contributed by atoms with Crippen LogP contribution in [0.25, 0.3) is 0 Å². The van der Waals surface area contributed by atoms with Gasteiger partial charge < -0.3 is 10.2 Å². The van der Waals surface area contributed by atoms with E-state index in [1.54, 1.807) is 0 Å². The van der Waals surface area contributed by atoms with Gasteiger partial charge in [-0.3, -0.25) is 0 Å². The average molecular weight is 198 g/mol. The van der Waals surface area contributed by atoms with Crippen molar-refractivity contribution in [2.45, 2.75) is 63.6 Å². The first-order chi connectivity index (χ1) is 6.70. The van der Waals surface area contributed by atoms with Crippen LogP contribution < -0.4 is 0 Å². The molecule has 0 spiro atoms. The lowest BCUT2D eigenvalue weighted by molar-refractivity contribution is -0.231. The summed E-state index contributed by atoms with van der Waals surface area (Å²) in [4.78, 5) is 0. The molecule has 1 atom stereocenters. The standard InChI is InChI=1S/C12H22O2/c13-12(14)9-5-4-8-11(12)10-6-2-1-3-7-10/h10-11,13-14H,1-9H2. The van der Waals surface area contributed by atoms with Crippen molar-refractivity contribution in [3.8, 4) is 0 Å². The van der Waals surface area contributed by atoms with Crippen molar-refractivity contribution in [2.75, 3.05) is 0 Å². The maximum absolute atomic E-state index is 9.94. The second-order valence-corrected chi connectivity index (χ2v) is 5.13. The molecule has 14 heavy (non-hydrogen) atoms. The van der Waals surface area contributed by atoms with Crippen LogP contribution in [0.3, 0.4) is 0 Å². The Kier molecular flexibility index (Phi) is 3.13. The molecule has 0 aromatic heterocycles. The fourth-order valence-electron chi connectivity index (χ4n) is 3.32. The van der Waals surface area contributed by atoms with Gasteiger partial charge in [-0.1, -0.05) is 25.7 Å². The van der Waals surface area contributed by atoms with Crippen molar-refractivity contribution in [3.63, 3.8) is 0 Å². The zero-order chi connectivity index (χ0) is 10.0. The van der Waals surface area contributed by atoms with Gasteiger partial charge in [0.15, 0.2) is 5.79 Å². The minimum atomic E-state index is -1.35. The maximum atomic E-state index is 9.94. The molecule has 1 unspecified atom stereocenters. The third kappa shape index (κ3) is 2.12. The van der Waals surface area contributed by atoms with Gasteiger partial charge in [0, 0.05) is 12.3 Å². The normalized spacial score (nSPS) is 34.3. The van der Waals surface area contributed by atoms with E-state index in [4.69, 9.17) is 0 Å². The number of hydrogen-bond acceptors (Lipinski definition) is 2. The summed E-state index contributed by atoms with van der Waals surface area (Å²) in [5.41, 5.74) is 0. The Balaban J connectivity index is 1.99. The first kappa shape index (κ1) is 10.4. The second kappa shape index (κ2) is 4.19. The Bertz CT molecular complexity index is 183. The van der Waals surface area contributed by atoms with E-state index in [0.29, 0.717) is 12.3 Å². The van der Waals surface area contributed by atoms with Crippen LogP contribution in [0, 0.1) is 11.8 Å². The molecule has 2 aliphatic rings. The highest BCUT2D eigenvalue weighted by atomic mass is 16.5. The quantitative estimate of drug-likeness (QED) is 0.635. The summed E-state index contributed by atoms with van der Waals surface area (Å²) in [5.74, 6) is -0.601. The van der Waals surface area contributed by atoms with Gasteiger partial charge in [0.2, 0.25) is 0 Å². The lowest BCUT2D eigenvalue weighted by atomic mass is 9.70. The highest BCUT2D eigenvalue weighted by Crippen LogP contribution is 2.42. The van der Waals surface area contributed by atoms with Crippen LogP contribution in [-0.4, -0.2) is 16.0 Å². The van der Waals surface area contributed by atoms with Crippen molar-refractivity contribution in [1.82, 2.24) is 0 Å². The van der Waals surface area contributed by atoms with Crippen molar-refractivity contribution in [1.29, 1.82) is 0 Å². The molecule has 2 rings (SSSR count). The molecule has 2 saturated carbocycles. The highest BCUT2D eigenvalue weighted by molar-refractivity contribution is 4.86. The van der Waals surface area contributed by atoms with E-state index in [2.05, 4.69) is 0 Å². The summed E-state index contributed by atoms with van der Waals surface area (Å²) >= 11 is 0.